The van der Waals surface area contributed by atoms with Crippen LogP contribution < -0.4 is 5.73 Å². The van der Waals surface area contributed by atoms with Gasteiger partial charge < -0.3 is 5.73 Å². The molecular formula is C13H19N5S. The molecule has 2 aliphatic carbocycles. The summed E-state index contributed by atoms with van der Waals surface area (Å²) in [5, 5.41) is 14.6. The van der Waals surface area contributed by atoms with E-state index in [0.717, 1.165) is 23.6 Å². The molecule has 2 atom stereocenters. The van der Waals surface area contributed by atoms with Crippen LogP contribution in [-0.4, -0.2) is 25.9 Å². The zero-order valence-corrected chi connectivity index (χ0v) is 11.8. The van der Waals surface area contributed by atoms with Gasteiger partial charge in [0, 0.05) is 17.9 Å². The minimum atomic E-state index is 0.346. The highest BCUT2D eigenvalue weighted by molar-refractivity contribution is 7.16. The van der Waals surface area contributed by atoms with Crippen molar-refractivity contribution in [2.75, 3.05) is 0 Å². The number of nitrogens with zero attached hydrogens (tertiary/aromatic N) is 4. The van der Waals surface area contributed by atoms with Gasteiger partial charge in [-0.3, -0.25) is 0 Å². The van der Waals surface area contributed by atoms with Crippen LogP contribution in [0.1, 0.15) is 67.6 Å². The van der Waals surface area contributed by atoms with E-state index in [4.69, 9.17) is 10.8 Å². The second kappa shape index (κ2) is 4.52. The summed E-state index contributed by atoms with van der Waals surface area (Å²) in [4.78, 5) is 0.955. The lowest BCUT2D eigenvalue weighted by molar-refractivity contribution is 0.384. The molecule has 2 N–H and O–H groups in total. The Bertz CT molecular complexity index is 585. The van der Waals surface area contributed by atoms with E-state index < -0.39 is 0 Å². The molecule has 5 nitrogen and oxygen atoms in total. The highest BCUT2D eigenvalue weighted by atomic mass is 32.1. The van der Waals surface area contributed by atoms with Crippen molar-refractivity contribution >= 4 is 16.3 Å². The molecule has 0 spiro atoms. The number of rotatable bonds is 2. The predicted octanol–water partition coefficient (Wildman–Crippen LogP) is 2.44. The van der Waals surface area contributed by atoms with Crippen molar-refractivity contribution in [3.63, 3.8) is 0 Å². The minimum absolute atomic E-state index is 0.346. The molecule has 0 amide bonds. The van der Waals surface area contributed by atoms with Gasteiger partial charge in [0.05, 0.1) is 0 Å². The first kappa shape index (κ1) is 11.8. The molecule has 2 aromatic heterocycles. The standard InChI is InChI=1S/C13H19N5S/c14-10-6-2-5-9(7-10)12-17-18-11(8-3-1-4-8)15-16-13(18)19-12/h8-10H,1-7,14H2. The first-order chi connectivity index (χ1) is 9.31. The van der Waals surface area contributed by atoms with Crippen LogP contribution in [0.4, 0.5) is 0 Å². The van der Waals surface area contributed by atoms with Gasteiger partial charge in [0.1, 0.15) is 5.01 Å². The second-order valence-electron chi connectivity index (χ2n) is 5.94. The zero-order chi connectivity index (χ0) is 12.8. The molecular weight excluding hydrogens is 258 g/mol. The van der Waals surface area contributed by atoms with Gasteiger partial charge in [0.2, 0.25) is 4.96 Å². The van der Waals surface area contributed by atoms with E-state index in [0.29, 0.717) is 17.9 Å². The lowest BCUT2D eigenvalue weighted by Crippen LogP contribution is -2.26. The third-order valence-electron chi connectivity index (χ3n) is 4.56. The molecule has 0 aliphatic heterocycles. The molecule has 0 radical (unpaired) electrons. The molecule has 19 heavy (non-hydrogen) atoms. The Morgan fingerprint density at radius 2 is 1.84 bits per heavy atom. The lowest BCUT2D eigenvalue weighted by Gasteiger charge is -2.24. The molecule has 2 saturated carbocycles. The fraction of sp³-hybridized carbons (Fsp3) is 0.769. The van der Waals surface area contributed by atoms with E-state index in [-0.39, 0.29) is 0 Å². The van der Waals surface area contributed by atoms with Gasteiger partial charge in [-0.25, -0.2) is 0 Å². The van der Waals surface area contributed by atoms with Crippen molar-refractivity contribution in [2.45, 2.75) is 62.8 Å². The van der Waals surface area contributed by atoms with Crippen LogP contribution in [0.3, 0.4) is 0 Å². The van der Waals surface area contributed by atoms with Crippen LogP contribution in [0.15, 0.2) is 0 Å². The Balaban J connectivity index is 1.65. The Labute approximate surface area is 116 Å². The summed E-state index contributed by atoms with van der Waals surface area (Å²) in [7, 11) is 0. The molecule has 102 valence electrons. The molecule has 2 unspecified atom stereocenters. The summed E-state index contributed by atoms with van der Waals surface area (Å²) < 4.78 is 1.99. The van der Waals surface area contributed by atoms with Crippen molar-refractivity contribution < 1.29 is 0 Å². The van der Waals surface area contributed by atoms with E-state index in [1.807, 2.05) is 4.52 Å². The number of nitrogens with two attached hydrogens (primary N) is 1. The van der Waals surface area contributed by atoms with E-state index in [1.165, 1.54) is 37.1 Å². The molecule has 2 aliphatic rings. The topological polar surface area (TPSA) is 69.1 Å². The van der Waals surface area contributed by atoms with Gasteiger partial charge in [-0.1, -0.05) is 24.2 Å². The SMILES string of the molecule is NC1CCCC(c2nn3c(C4CCC4)nnc3s2)C1. The van der Waals surface area contributed by atoms with Gasteiger partial charge in [0.15, 0.2) is 5.82 Å². The third kappa shape index (κ3) is 1.97. The third-order valence-corrected chi connectivity index (χ3v) is 5.63. The molecule has 2 heterocycles. The fourth-order valence-electron chi connectivity index (χ4n) is 3.18. The van der Waals surface area contributed by atoms with E-state index in [2.05, 4.69) is 10.2 Å². The van der Waals surface area contributed by atoms with Crippen LogP contribution in [0.2, 0.25) is 0 Å². The van der Waals surface area contributed by atoms with Gasteiger partial charge >= 0.3 is 0 Å². The van der Waals surface area contributed by atoms with E-state index in [1.54, 1.807) is 11.3 Å². The Hall–Kier alpha value is -1.01. The minimum Gasteiger partial charge on any atom is -0.328 e. The fourth-order valence-corrected chi connectivity index (χ4v) is 4.18. The van der Waals surface area contributed by atoms with Gasteiger partial charge in [-0.05, 0) is 32.1 Å². The molecule has 2 aromatic rings. The van der Waals surface area contributed by atoms with Crippen molar-refractivity contribution in [1.82, 2.24) is 19.8 Å². The molecule has 0 aromatic carbocycles. The average Bonchev–Trinajstić information content (AvgIpc) is 2.89. The van der Waals surface area contributed by atoms with E-state index >= 15 is 0 Å². The number of hydrogen-bond acceptors (Lipinski definition) is 5. The van der Waals surface area contributed by atoms with Crippen LogP contribution in [0.25, 0.3) is 4.96 Å². The molecule has 4 rings (SSSR count). The summed E-state index contributed by atoms with van der Waals surface area (Å²) in [6.07, 6.45) is 8.47. The smallest absolute Gasteiger partial charge is 0.234 e. The summed E-state index contributed by atoms with van der Waals surface area (Å²) in [6, 6.07) is 0.346. The highest BCUT2D eigenvalue weighted by Gasteiger charge is 2.28. The van der Waals surface area contributed by atoms with Crippen LogP contribution in [0, 0.1) is 0 Å². The summed E-state index contributed by atoms with van der Waals surface area (Å²) >= 11 is 1.70. The summed E-state index contributed by atoms with van der Waals surface area (Å²) in [5.41, 5.74) is 6.08. The van der Waals surface area contributed by atoms with Crippen molar-refractivity contribution in [2.24, 2.45) is 5.73 Å². The maximum atomic E-state index is 6.08. The quantitative estimate of drug-likeness (QED) is 0.915. The van der Waals surface area contributed by atoms with Crippen molar-refractivity contribution in [1.29, 1.82) is 0 Å². The number of fused-ring (bicyclic) bond motifs is 1. The monoisotopic (exact) mass is 277 g/mol. The van der Waals surface area contributed by atoms with Crippen molar-refractivity contribution in [3.8, 4) is 0 Å². The largest absolute Gasteiger partial charge is 0.328 e. The predicted molar refractivity (Wildman–Crippen MR) is 74.4 cm³/mol. The van der Waals surface area contributed by atoms with Crippen LogP contribution >= 0.6 is 11.3 Å². The Kier molecular flexibility index (Phi) is 2.81. The van der Waals surface area contributed by atoms with Gasteiger partial charge in [0.25, 0.3) is 0 Å². The Morgan fingerprint density at radius 3 is 2.58 bits per heavy atom. The van der Waals surface area contributed by atoms with Crippen LogP contribution in [-0.2, 0) is 0 Å². The highest BCUT2D eigenvalue weighted by Crippen LogP contribution is 2.38. The normalized spacial score (nSPS) is 28.7. The van der Waals surface area contributed by atoms with Crippen LogP contribution in [0.5, 0.6) is 0 Å². The average molecular weight is 277 g/mol. The maximum Gasteiger partial charge on any atom is 0.234 e. The second-order valence-corrected chi connectivity index (χ2v) is 6.93. The molecule has 0 bridgehead atoms. The van der Waals surface area contributed by atoms with Crippen molar-refractivity contribution in [3.05, 3.63) is 10.8 Å². The van der Waals surface area contributed by atoms with E-state index in [9.17, 15) is 0 Å². The zero-order valence-electron chi connectivity index (χ0n) is 11.0. The first-order valence-electron chi connectivity index (χ1n) is 7.29. The Morgan fingerprint density at radius 1 is 1.05 bits per heavy atom. The van der Waals surface area contributed by atoms with Gasteiger partial charge in [-0.2, -0.15) is 9.61 Å². The summed E-state index contributed by atoms with van der Waals surface area (Å²) in [5.74, 6) is 2.19. The number of hydrogen-bond donors (Lipinski definition) is 1. The maximum absolute atomic E-state index is 6.08. The molecule has 0 saturated heterocycles. The molecule has 6 heteroatoms. The van der Waals surface area contributed by atoms with Gasteiger partial charge in [-0.15, -0.1) is 10.2 Å². The molecule has 2 fully saturated rings. The first-order valence-corrected chi connectivity index (χ1v) is 8.10. The lowest BCUT2D eigenvalue weighted by atomic mass is 9.85. The number of aromatic nitrogens is 4. The summed E-state index contributed by atoms with van der Waals surface area (Å²) in [6.45, 7) is 0.